The van der Waals surface area contributed by atoms with E-state index in [1.54, 1.807) is 30.3 Å². The van der Waals surface area contributed by atoms with Crippen LogP contribution in [-0.2, 0) is 4.74 Å². The van der Waals surface area contributed by atoms with E-state index in [2.05, 4.69) is 10.3 Å². The maximum absolute atomic E-state index is 14.5. The Morgan fingerprint density at radius 3 is 2.65 bits per heavy atom. The van der Waals surface area contributed by atoms with Crippen LogP contribution in [0.5, 0.6) is 0 Å². The molecular weight excluding hydrogens is 369 g/mol. The number of benzene rings is 1. The summed E-state index contributed by atoms with van der Waals surface area (Å²) in [7, 11) is 0. The van der Waals surface area contributed by atoms with Crippen molar-refractivity contribution in [1.82, 2.24) is 9.55 Å². The Labute approximate surface area is 151 Å². The third-order valence-electron chi connectivity index (χ3n) is 3.92. The molecule has 1 fully saturated rings. The molecule has 26 heavy (non-hydrogen) atoms. The maximum Gasteiger partial charge on any atom is 0.351 e. The van der Waals surface area contributed by atoms with Crippen molar-refractivity contribution in [2.24, 2.45) is 0 Å². The molecule has 3 N–H and O–H groups in total. The van der Waals surface area contributed by atoms with Crippen LogP contribution in [0.25, 0.3) is 0 Å². The summed E-state index contributed by atoms with van der Waals surface area (Å²) in [6, 6.07) is 9.55. The van der Waals surface area contributed by atoms with E-state index in [4.69, 9.17) is 21.4 Å². The zero-order valence-electron chi connectivity index (χ0n) is 13.3. The number of aliphatic hydroxyl groups excluding tert-OH is 2. The van der Waals surface area contributed by atoms with E-state index < -0.39 is 41.8 Å². The molecule has 1 aliphatic heterocycles. The van der Waals surface area contributed by atoms with Gasteiger partial charge in [-0.15, -0.1) is 0 Å². The lowest BCUT2D eigenvalue weighted by atomic mass is 10.1. The van der Waals surface area contributed by atoms with Crippen molar-refractivity contribution >= 4 is 23.3 Å². The number of amides is 1. The summed E-state index contributed by atoms with van der Waals surface area (Å²) < 4.78 is 20.4. The molecule has 138 valence electrons. The number of hydrogen-bond donors (Lipinski definition) is 3. The summed E-state index contributed by atoms with van der Waals surface area (Å²) in [6.07, 6.45) is -3.67. The van der Waals surface area contributed by atoms with Gasteiger partial charge in [0.05, 0.1) is 6.61 Å². The van der Waals surface area contributed by atoms with Gasteiger partial charge in [-0.2, -0.15) is 4.98 Å². The van der Waals surface area contributed by atoms with E-state index in [1.807, 2.05) is 0 Å². The fraction of sp³-hybridized carbons (Fsp3) is 0.312. The Balaban J connectivity index is 1.82. The van der Waals surface area contributed by atoms with E-state index >= 15 is 0 Å². The summed E-state index contributed by atoms with van der Waals surface area (Å²) >= 11 is 5.66. The molecule has 8 nitrogen and oxygen atoms in total. The standard InChI is InChI=1S/C16H15ClFN3O5/c17-16(18)12(23)10(8-22)26-14(16)21-7-6-11(20-15(21)25)19-13(24)9-4-2-1-3-5-9/h1-7,10,12,14,22-23H,8H2,(H,19,20,24,25)/t10-,12-,14-,16-/m1/s1. The Morgan fingerprint density at radius 2 is 2.08 bits per heavy atom. The molecule has 0 aliphatic carbocycles. The molecule has 0 saturated carbocycles. The molecule has 1 aliphatic rings. The molecule has 2 heterocycles. The van der Waals surface area contributed by atoms with Crippen LogP contribution in [-0.4, -0.2) is 49.6 Å². The fourth-order valence-corrected chi connectivity index (χ4v) is 2.85. The Hall–Kier alpha value is -2.33. The van der Waals surface area contributed by atoms with Crippen molar-refractivity contribution in [3.05, 3.63) is 58.6 Å². The lowest BCUT2D eigenvalue weighted by Crippen LogP contribution is -2.41. The number of aliphatic hydroxyl groups is 2. The predicted molar refractivity (Wildman–Crippen MR) is 89.6 cm³/mol. The molecule has 10 heteroatoms. The smallest absolute Gasteiger partial charge is 0.351 e. The molecule has 2 aromatic rings. The number of anilines is 1. The molecule has 3 rings (SSSR count). The first kappa shape index (κ1) is 18.5. The van der Waals surface area contributed by atoms with E-state index in [1.165, 1.54) is 6.07 Å². The van der Waals surface area contributed by atoms with E-state index in [0.29, 0.717) is 5.56 Å². The molecule has 0 bridgehead atoms. The Kier molecular flexibility index (Phi) is 5.05. The predicted octanol–water partition coefficient (Wildman–Crippen LogP) is 0.651. The van der Waals surface area contributed by atoms with Crippen molar-refractivity contribution in [2.45, 2.75) is 23.6 Å². The number of aromatic nitrogens is 2. The molecule has 1 aromatic heterocycles. The third-order valence-corrected chi connectivity index (χ3v) is 4.33. The SMILES string of the molecule is O=C(Nc1ccn([C@@H]2O[C@H](CO)[C@@H](O)[C@]2(F)Cl)c(=O)n1)c1ccccc1. The normalized spacial score (nSPS) is 28.1. The molecule has 4 atom stereocenters. The molecular formula is C16H15ClFN3O5. The summed E-state index contributed by atoms with van der Waals surface area (Å²) in [5.41, 5.74) is -0.579. The van der Waals surface area contributed by atoms with Crippen molar-refractivity contribution in [3.8, 4) is 0 Å². The largest absolute Gasteiger partial charge is 0.394 e. The van der Waals surface area contributed by atoms with Crippen LogP contribution in [0, 0.1) is 0 Å². The monoisotopic (exact) mass is 383 g/mol. The first-order chi connectivity index (χ1) is 12.3. The number of rotatable bonds is 4. The van der Waals surface area contributed by atoms with Crippen molar-refractivity contribution in [3.63, 3.8) is 0 Å². The minimum absolute atomic E-state index is 0.0450. The van der Waals surface area contributed by atoms with Crippen LogP contribution >= 0.6 is 11.6 Å². The van der Waals surface area contributed by atoms with Crippen molar-refractivity contribution < 1.29 is 24.1 Å². The Morgan fingerprint density at radius 1 is 1.38 bits per heavy atom. The van der Waals surface area contributed by atoms with Gasteiger partial charge < -0.3 is 20.3 Å². The quantitative estimate of drug-likeness (QED) is 0.668. The van der Waals surface area contributed by atoms with Crippen LogP contribution in [0.4, 0.5) is 10.2 Å². The summed E-state index contributed by atoms with van der Waals surface area (Å²) in [6.45, 7) is -0.677. The first-order valence-electron chi connectivity index (χ1n) is 7.62. The van der Waals surface area contributed by atoms with E-state index in [-0.39, 0.29) is 5.82 Å². The number of nitrogens with one attached hydrogen (secondary N) is 1. The van der Waals surface area contributed by atoms with Gasteiger partial charge in [0.1, 0.15) is 18.0 Å². The number of nitrogens with zero attached hydrogens (tertiary/aromatic N) is 2. The zero-order chi connectivity index (χ0) is 18.9. The van der Waals surface area contributed by atoms with Gasteiger partial charge in [0.25, 0.3) is 11.0 Å². The van der Waals surface area contributed by atoms with Gasteiger partial charge in [-0.25, -0.2) is 9.18 Å². The number of hydrogen-bond acceptors (Lipinski definition) is 6. The van der Waals surface area contributed by atoms with Gasteiger partial charge in [-0.1, -0.05) is 29.8 Å². The highest BCUT2D eigenvalue weighted by Gasteiger charge is 2.57. The van der Waals surface area contributed by atoms with Crippen LogP contribution in [0.15, 0.2) is 47.4 Å². The molecule has 0 unspecified atom stereocenters. The van der Waals surface area contributed by atoms with Gasteiger partial charge in [-0.05, 0) is 18.2 Å². The summed E-state index contributed by atoms with van der Waals surface area (Å²) in [5.74, 6) is -0.517. The molecule has 1 saturated heterocycles. The topological polar surface area (TPSA) is 114 Å². The fourth-order valence-electron chi connectivity index (χ4n) is 2.56. The molecule has 0 spiro atoms. The highest BCUT2D eigenvalue weighted by atomic mass is 35.5. The number of carbonyl (C=O) groups is 1. The van der Waals surface area contributed by atoms with Crippen molar-refractivity contribution in [1.29, 1.82) is 0 Å². The number of alkyl halides is 2. The average molecular weight is 384 g/mol. The first-order valence-corrected chi connectivity index (χ1v) is 8.00. The van der Waals surface area contributed by atoms with Gasteiger partial charge in [-0.3, -0.25) is 9.36 Å². The van der Waals surface area contributed by atoms with Crippen molar-refractivity contribution in [2.75, 3.05) is 11.9 Å². The average Bonchev–Trinajstić information content (AvgIpc) is 2.85. The molecule has 1 aromatic carbocycles. The second kappa shape index (κ2) is 7.12. The minimum atomic E-state index is -2.83. The lowest BCUT2D eigenvalue weighted by molar-refractivity contribution is -0.0517. The van der Waals surface area contributed by atoms with Gasteiger partial charge >= 0.3 is 5.69 Å². The molecule has 0 radical (unpaired) electrons. The minimum Gasteiger partial charge on any atom is -0.394 e. The van der Waals surface area contributed by atoms with Gasteiger partial charge in [0.15, 0.2) is 6.23 Å². The summed E-state index contributed by atoms with van der Waals surface area (Å²) in [4.78, 5) is 27.9. The van der Waals surface area contributed by atoms with E-state index in [9.17, 15) is 19.1 Å². The zero-order valence-corrected chi connectivity index (χ0v) is 14.0. The van der Waals surface area contributed by atoms with Crippen LogP contribution in [0.2, 0.25) is 0 Å². The number of halogens is 2. The molecule has 1 amide bonds. The lowest BCUT2D eigenvalue weighted by Gasteiger charge is -2.22. The van der Waals surface area contributed by atoms with Crippen LogP contribution in [0.3, 0.4) is 0 Å². The highest BCUT2D eigenvalue weighted by molar-refractivity contribution is 6.23. The summed E-state index contributed by atoms with van der Waals surface area (Å²) in [5, 5.41) is 18.5. The van der Waals surface area contributed by atoms with E-state index in [0.717, 1.165) is 10.8 Å². The maximum atomic E-state index is 14.5. The van der Waals surface area contributed by atoms with Gasteiger partial charge in [0, 0.05) is 11.8 Å². The number of ether oxygens (including phenoxy) is 1. The Bertz CT molecular complexity index is 860. The third kappa shape index (κ3) is 3.34. The second-order valence-corrected chi connectivity index (χ2v) is 6.23. The highest BCUT2D eigenvalue weighted by Crippen LogP contribution is 2.43. The van der Waals surface area contributed by atoms with Gasteiger partial charge in [0.2, 0.25) is 0 Å². The second-order valence-electron chi connectivity index (χ2n) is 5.65. The van der Waals surface area contributed by atoms with Crippen LogP contribution < -0.4 is 11.0 Å². The number of carbonyl (C=O) groups excluding carboxylic acids is 1. The van der Waals surface area contributed by atoms with Crippen LogP contribution in [0.1, 0.15) is 16.6 Å².